The quantitative estimate of drug-likeness (QED) is 0.640. The molecule has 0 aliphatic heterocycles. The van der Waals surface area contributed by atoms with E-state index in [0.717, 1.165) is 17.8 Å². The number of alkyl halides is 3. The Morgan fingerprint density at radius 3 is 2.74 bits per heavy atom. The zero-order valence-electron chi connectivity index (χ0n) is 9.68. The van der Waals surface area contributed by atoms with E-state index in [1.54, 1.807) is 0 Å². The zero-order valence-corrected chi connectivity index (χ0v) is 10.5. The lowest BCUT2D eigenvalue weighted by atomic mass is 10.3. The highest BCUT2D eigenvalue weighted by atomic mass is 32.2. The summed E-state index contributed by atoms with van der Waals surface area (Å²) in [7, 11) is 0. The van der Waals surface area contributed by atoms with Crippen LogP contribution >= 0.6 is 11.8 Å². The van der Waals surface area contributed by atoms with Gasteiger partial charge in [-0.1, -0.05) is 11.8 Å². The van der Waals surface area contributed by atoms with Crippen LogP contribution in [-0.2, 0) is 11.3 Å². The van der Waals surface area contributed by atoms with E-state index < -0.39 is 24.1 Å². The fourth-order valence-electron chi connectivity index (χ4n) is 1.27. The molecule has 0 saturated heterocycles. The number of carboxylic acid groups (broad SMARTS) is 1. The van der Waals surface area contributed by atoms with Crippen LogP contribution in [0, 0.1) is 0 Å². The summed E-state index contributed by atoms with van der Waals surface area (Å²) in [6.07, 6.45) is -4.02. The first-order valence-electron chi connectivity index (χ1n) is 5.27. The van der Waals surface area contributed by atoms with Crippen LogP contribution in [0.25, 0.3) is 0 Å². The maximum absolute atomic E-state index is 12.0. The normalized spacial score (nSPS) is 11.5. The van der Waals surface area contributed by atoms with Crippen LogP contribution in [0.15, 0.2) is 22.2 Å². The standard InChI is InChI=1S/C10H11F3N2O3S/c11-10(12,13)3-1-4-15-5-2-7(16)14-9(15)19-6-8(17)18/h2,5H,1,3-4,6H2,(H,17,18). The third-order valence-corrected chi connectivity index (χ3v) is 3.01. The fourth-order valence-corrected chi connectivity index (χ4v) is 2.00. The highest BCUT2D eigenvalue weighted by Gasteiger charge is 2.26. The van der Waals surface area contributed by atoms with E-state index >= 15 is 0 Å². The average molecular weight is 296 g/mol. The number of rotatable bonds is 6. The number of aromatic nitrogens is 2. The minimum absolute atomic E-state index is 0.0226. The van der Waals surface area contributed by atoms with Crippen molar-refractivity contribution in [2.24, 2.45) is 0 Å². The summed E-state index contributed by atoms with van der Waals surface area (Å²) in [6, 6.07) is 1.12. The first kappa shape index (κ1) is 15.5. The number of nitrogens with zero attached hydrogens (tertiary/aromatic N) is 2. The van der Waals surface area contributed by atoms with Crippen molar-refractivity contribution < 1.29 is 23.1 Å². The molecule has 1 N–H and O–H groups in total. The minimum Gasteiger partial charge on any atom is -0.481 e. The molecule has 0 aliphatic carbocycles. The topological polar surface area (TPSA) is 72.2 Å². The number of carboxylic acids is 1. The molecule has 0 saturated carbocycles. The Kier molecular flexibility index (Phi) is 5.40. The third-order valence-electron chi connectivity index (χ3n) is 2.03. The molecule has 0 spiro atoms. The van der Waals surface area contributed by atoms with Crippen molar-refractivity contribution in [1.29, 1.82) is 0 Å². The smallest absolute Gasteiger partial charge is 0.389 e. The number of halogens is 3. The van der Waals surface area contributed by atoms with Crippen LogP contribution < -0.4 is 5.56 Å². The van der Waals surface area contributed by atoms with Gasteiger partial charge in [-0.3, -0.25) is 9.59 Å². The summed E-state index contributed by atoms with van der Waals surface area (Å²) in [4.78, 5) is 25.1. The molecule has 19 heavy (non-hydrogen) atoms. The molecule has 1 aromatic rings. The summed E-state index contributed by atoms with van der Waals surface area (Å²) >= 11 is 0.798. The first-order chi connectivity index (χ1) is 8.78. The third kappa shape index (κ3) is 6.27. The molecule has 1 rings (SSSR count). The van der Waals surface area contributed by atoms with Crippen LogP contribution in [-0.4, -0.2) is 32.6 Å². The average Bonchev–Trinajstić information content (AvgIpc) is 2.27. The predicted molar refractivity (Wildman–Crippen MR) is 62.1 cm³/mol. The van der Waals surface area contributed by atoms with Crippen molar-refractivity contribution in [3.63, 3.8) is 0 Å². The number of carbonyl (C=O) groups is 1. The molecule has 9 heteroatoms. The molecule has 0 bridgehead atoms. The van der Waals surface area contributed by atoms with E-state index in [1.165, 1.54) is 10.8 Å². The Bertz CT molecular complexity index is 502. The molecule has 0 aromatic carbocycles. The van der Waals surface area contributed by atoms with Crippen molar-refractivity contribution in [1.82, 2.24) is 9.55 Å². The van der Waals surface area contributed by atoms with Gasteiger partial charge in [-0.25, -0.2) is 0 Å². The van der Waals surface area contributed by atoms with E-state index in [4.69, 9.17) is 5.11 Å². The maximum atomic E-state index is 12.0. The van der Waals surface area contributed by atoms with E-state index in [1.807, 2.05) is 0 Å². The van der Waals surface area contributed by atoms with Gasteiger partial charge >= 0.3 is 12.1 Å². The summed E-state index contributed by atoms with van der Waals surface area (Å²) in [5.41, 5.74) is -0.556. The Hall–Kier alpha value is -1.51. The number of aliphatic carboxylic acids is 1. The van der Waals surface area contributed by atoms with Crippen LogP contribution in [0.4, 0.5) is 13.2 Å². The molecule has 1 heterocycles. The Morgan fingerprint density at radius 2 is 2.16 bits per heavy atom. The number of hydrogen-bond acceptors (Lipinski definition) is 4. The molecule has 0 aliphatic rings. The summed E-state index contributed by atoms with van der Waals surface area (Å²) < 4.78 is 37.4. The molecule has 0 unspecified atom stereocenters. The molecule has 0 atom stereocenters. The Morgan fingerprint density at radius 1 is 1.47 bits per heavy atom. The van der Waals surface area contributed by atoms with E-state index in [0.29, 0.717) is 0 Å². The fraction of sp³-hybridized carbons (Fsp3) is 0.500. The molecule has 1 aromatic heterocycles. The Balaban J connectivity index is 2.70. The predicted octanol–water partition coefficient (Wildman–Crippen LogP) is 1.76. The van der Waals surface area contributed by atoms with E-state index in [-0.39, 0.29) is 23.9 Å². The van der Waals surface area contributed by atoms with Crippen molar-refractivity contribution in [2.45, 2.75) is 30.7 Å². The van der Waals surface area contributed by atoms with Crippen LogP contribution in [0.2, 0.25) is 0 Å². The second kappa shape index (κ2) is 6.60. The second-order valence-electron chi connectivity index (χ2n) is 3.64. The molecule has 5 nitrogen and oxygen atoms in total. The van der Waals surface area contributed by atoms with E-state index in [2.05, 4.69) is 4.98 Å². The van der Waals surface area contributed by atoms with Crippen molar-refractivity contribution in [2.75, 3.05) is 5.75 Å². The number of aryl methyl sites for hydroxylation is 1. The van der Waals surface area contributed by atoms with E-state index in [9.17, 15) is 22.8 Å². The molecular weight excluding hydrogens is 285 g/mol. The largest absolute Gasteiger partial charge is 0.481 e. The zero-order chi connectivity index (χ0) is 14.5. The highest BCUT2D eigenvalue weighted by molar-refractivity contribution is 7.99. The van der Waals surface area contributed by atoms with Gasteiger partial charge in [-0.05, 0) is 6.42 Å². The molecule has 0 amide bonds. The van der Waals surface area contributed by atoms with Gasteiger partial charge in [0.15, 0.2) is 5.16 Å². The summed E-state index contributed by atoms with van der Waals surface area (Å²) in [5, 5.41) is 8.64. The van der Waals surface area contributed by atoms with Crippen LogP contribution in [0.1, 0.15) is 12.8 Å². The molecule has 106 valence electrons. The van der Waals surface area contributed by atoms with Gasteiger partial charge in [0, 0.05) is 25.2 Å². The second-order valence-corrected chi connectivity index (χ2v) is 4.59. The van der Waals surface area contributed by atoms with Gasteiger partial charge in [-0.2, -0.15) is 18.2 Å². The highest BCUT2D eigenvalue weighted by Crippen LogP contribution is 2.22. The van der Waals surface area contributed by atoms with Gasteiger partial charge in [0.25, 0.3) is 5.56 Å². The first-order valence-corrected chi connectivity index (χ1v) is 6.25. The van der Waals surface area contributed by atoms with Gasteiger partial charge in [-0.15, -0.1) is 0 Å². The van der Waals surface area contributed by atoms with Crippen molar-refractivity contribution in [3.8, 4) is 0 Å². The maximum Gasteiger partial charge on any atom is 0.389 e. The lowest BCUT2D eigenvalue weighted by Crippen LogP contribution is -2.16. The summed E-state index contributed by atoms with van der Waals surface area (Å²) in [5.74, 6) is -1.40. The lowest BCUT2D eigenvalue weighted by Gasteiger charge is -2.11. The number of hydrogen-bond donors (Lipinski definition) is 1. The Labute approximate surface area is 110 Å². The summed E-state index contributed by atoms with van der Waals surface area (Å²) in [6.45, 7) is 0.0226. The monoisotopic (exact) mass is 296 g/mol. The number of thioether (sulfide) groups is 1. The van der Waals surface area contributed by atoms with Gasteiger partial charge in [0.2, 0.25) is 0 Å². The van der Waals surface area contributed by atoms with Crippen molar-refractivity contribution in [3.05, 3.63) is 22.6 Å². The van der Waals surface area contributed by atoms with Crippen molar-refractivity contribution >= 4 is 17.7 Å². The molecule has 0 fully saturated rings. The molecule has 0 radical (unpaired) electrons. The lowest BCUT2D eigenvalue weighted by molar-refractivity contribution is -0.136. The van der Waals surface area contributed by atoms with Gasteiger partial charge < -0.3 is 9.67 Å². The SMILES string of the molecule is O=C(O)CSc1nc(=O)ccn1CCCC(F)(F)F. The van der Waals surface area contributed by atoms with Gasteiger partial charge in [0.1, 0.15) is 0 Å². The minimum atomic E-state index is -4.24. The molecular formula is C10H11F3N2O3S. The van der Waals surface area contributed by atoms with Crippen LogP contribution in [0.5, 0.6) is 0 Å². The van der Waals surface area contributed by atoms with Crippen LogP contribution in [0.3, 0.4) is 0 Å². The van der Waals surface area contributed by atoms with Gasteiger partial charge in [0.05, 0.1) is 5.75 Å².